The van der Waals surface area contributed by atoms with E-state index in [0.717, 1.165) is 19.3 Å². The third kappa shape index (κ3) is 4.08. The Morgan fingerprint density at radius 1 is 1.57 bits per heavy atom. The van der Waals surface area contributed by atoms with Gasteiger partial charge >= 0.3 is 0 Å². The third-order valence-corrected chi connectivity index (χ3v) is 2.51. The predicted octanol–water partition coefficient (Wildman–Crippen LogP) is -0.391. The Hall–Kier alpha value is -0.585. The van der Waals surface area contributed by atoms with Crippen LogP contribution in [-0.4, -0.2) is 30.9 Å². The summed E-state index contributed by atoms with van der Waals surface area (Å²) in [6.45, 7) is 1.55. The lowest BCUT2D eigenvalue weighted by Crippen LogP contribution is -2.34. The van der Waals surface area contributed by atoms with Crippen molar-refractivity contribution in [3.63, 3.8) is 0 Å². The van der Waals surface area contributed by atoms with Crippen molar-refractivity contribution in [2.45, 2.75) is 38.0 Å². The van der Waals surface area contributed by atoms with Crippen molar-refractivity contribution in [3.05, 3.63) is 0 Å². The van der Waals surface area contributed by atoms with Crippen molar-refractivity contribution in [1.29, 1.82) is 0 Å². The van der Waals surface area contributed by atoms with E-state index in [1.54, 1.807) is 6.92 Å². The van der Waals surface area contributed by atoms with Gasteiger partial charge in [-0.1, -0.05) is 12.2 Å². The summed E-state index contributed by atoms with van der Waals surface area (Å²) in [7, 11) is 2.12. The Balaban J connectivity index is 2.11. The number of hydrogen-bond acceptors (Lipinski definition) is 4. The van der Waals surface area contributed by atoms with Crippen LogP contribution in [0, 0.1) is 0 Å². The lowest BCUT2D eigenvalue weighted by Gasteiger charge is -2.11. The van der Waals surface area contributed by atoms with Gasteiger partial charge in [-0.15, -0.1) is 5.59 Å². The van der Waals surface area contributed by atoms with Gasteiger partial charge in [-0.2, -0.15) is 0 Å². The minimum Gasteiger partial charge on any atom is -0.354 e. The smallest absolute Gasteiger partial charge is 0.217 e. The number of nitrogens with one attached hydrogen (secondary N) is 3. The molecule has 79 valence electrons. The molecule has 0 unspecified atom stereocenters. The van der Waals surface area contributed by atoms with Crippen LogP contribution in [0.15, 0.2) is 0 Å². The number of carbonyl (C=O) groups is 1. The molecular formula is C8H17BN3O2. The molecule has 0 aliphatic heterocycles. The minimum absolute atomic E-state index is 0.0470. The topological polar surface area (TPSA) is 73.4 Å². The molecule has 1 amide bonds. The average molecular weight is 198 g/mol. The van der Waals surface area contributed by atoms with Gasteiger partial charge in [0.2, 0.25) is 5.91 Å². The van der Waals surface area contributed by atoms with Crippen molar-refractivity contribution < 1.29 is 10.0 Å². The summed E-state index contributed by atoms with van der Waals surface area (Å²) >= 11 is 0. The van der Waals surface area contributed by atoms with E-state index in [0.29, 0.717) is 18.3 Å². The quantitative estimate of drug-likeness (QED) is 0.276. The second-order valence-electron chi connectivity index (χ2n) is 3.70. The summed E-state index contributed by atoms with van der Waals surface area (Å²) in [5.41, 5.74) is 4.48. The highest BCUT2D eigenvalue weighted by Crippen LogP contribution is 2.29. The summed E-state index contributed by atoms with van der Waals surface area (Å²) in [5.74, 6) is 0.582. The van der Waals surface area contributed by atoms with E-state index in [4.69, 9.17) is 5.21 Å². The molecule has 0 aromatic heterocycles. The van der Waals surface area contributed by atoms with Gasteiger partial charge in [-0.3, -0.25) is 4.79 Å². The molecule has 0 aromatic rings. The molecule has 1 aliphatic rings. The van der Waals surface area contributed by atoms with Crippen LogP contribution < -0.4 is 16.3 Å². The first kappa shape index (κ1) is 11.5. The number of carbonyl (C=O) groups excluding carboxylic acids is 1. The van der Waals surface area contributed by atoms with Crippen LogP contribution in [0.3, 0.4) is 0 Å². The highest BCUT2D eigenvalue weighted by molar-refractivity contribution is 6.37. The number of amides is 1. The van der Waals surface area contributed by atoms with Crippen LogP contribution in [0.5, 0.6) is 0 Å². The third-order valence-electron chi connectivity index (χ3n) is 2.51. The maximum absolute atomic E-state index is 10.8. The van der Waals surface area contributed by atoms with Gasteiger partial charge in [0.25, 0.3) is 0 Å². The molecule has 0 saturated heterocycles. The number of rotatable bonds is 5. The van der Waals surface area contributed by atoms with E-state index < -0.39 is 0 Å². The second-order valence-corrected chi connectivity index (χ2v) is 3.70. The molecule has 14 heavy (non-hydrogen) atoms. The molecule has 0 heterocycles. The standard InChI is InChI=1S/C8H17BN3O2/c1-6(13)11-8-3-2-7(4-8)9-5-10-12-14/h7-8,10,12,14H,2-5H2,1H3,(H,11,13)/t7-,8+/m1/s1. The maximum Gasteiger partial charge on any atom is 0.217 e. The van der Waals surface area contributed by atoms with Crippen LogP contribution >= 0.6 is 0 Å². The maximum atomic E-state index is 10.8. The molecule has 1 rings (SSSR count). The van der Waals surface area contributed by atoms with E-state index in [2.05, 4.69) is 18.0 Å². The zero-order valence-electron chi connectivity index (χ0n) is 8.42. The van der Waals surface area contributed by atoms with Crippen LogP contribution in [-0.2, 0) is 4.79 Å². The molecule has 0 bridgehead atoms. The van der Waals surface area contributed by atoms with Crippen LogP contribution in [0.1, 0.15) is 26.2 Å². The zero-order chi connectivity index (χ0) is 10.4. The minimum atomic E-state index is 0.0470. The van der Waals surface area contributed by atoms with E-state index in [-0.39, 0.29) is 5.91 Å². The van der Waals surface area contributed by atoms with Crippen molar-refractivity contribution in [3.8, 4) is 0 Å². The monoisotopic (exact) mass is 198 g/mol. The molecule has 5 nitrogen and oxygen atoms in total. The second kappa shape index (κ2) is 6.00. The first-order valence-electron chi connectivity index (χ1n) is 4.94. The summed E-state index contributed by atoms with van der Waals surface area (Å²) < 4.78 is 0. The van der Waals surface area contributed by atoms with E-state index >= 15 is 0 Å². The van der Waals surface area contributed by atoms with Gasteiger partial charge < -0.3 is 10.5 Å². The van der Waals surface area contributed by atoms with Gasteiger partial charge in [0.05, 0.1) is 0 Å². The normalized spacial score (nSPS) is 26.1. The average Bonchev–Trinajstić information content (AvgIpc) is 2.52. The van der Waals surface area contributed by atoms with Crippen molar-refractivity contribution in [2.24, 2.45) is 0 Å². The molecule has 2 atom stereocenters. The summed E-state index contributed by atoms with van der Waals surface area (Å²) in [5, 5.41) is 11.2. The van der Waals surface area contributed by atoms with E-state index in [9.17, 15) is 4.79 Å². The van der Waals surface area contributed by atoms with E-state index in [1.807, 2.05) is 5.59 Å². The Morgan fingerprint density at radius 2 is 2.36 bits per heavy atom. The molecule has 1 saturated carbocycles. The highest BCUT2D eigenvalue weighted by Gasteiger charge is 2.24. The lowest BCUT2D eigenvalue weighted by atomic mass is 9.63. The summed E-state index contributed by atoms with van der Waals surface area (Å²) in [6.07, 6.45) is 3.80. The Labute approximate surface area is 84.8 Å². The molecule has 1 aliphatic carbocycles. The molecule has 6 heteroatoms. The van der Waals surface area contributed by atoms with Crippen molar-refractivity contribution in [1.82, 2.24) is 16.3 Å². The highest BCUT2D eigenvalue weighted by atomic mass is 16.5. The molecule has 0 spiro atoms. The largest absolute Gasteiger partial charge is 0.354 e. The fourth-order valence-corrected chi connectivity index (χ4v) is 1.92. The number of hydrazine groups is 1. The summed E-state index contributed by atoms with van der Waals surface area (Å²) in [6, 6.07) is 0.329. The fraction of sp³-hybridized carbons (Fsp3) is 0.875. The Bertz CT molecular complexity index is 191. The van der Waals surface area contributed by atoms with Gasteiger partial charge in [0.1, 0.15) is 7.28 Å². The molecular weight excluding hydrogens is 181 g/mol. The predicted molar refractivity (Wildman–Crippen MR) is 53.9 cm³/mol. The SMILES string of the molecule is CC(=O)N[C@H]1CC[C@@H]([B]CNNO)C1. The van der Waals surface area contributed by atoms with Crippen LogP contribution in [0.25, 0.3) is 0 Å². The molecule has 4 N–H and O–H groups in total. The van der Waals surface area contributed by atoms with Crippen LogP contribution in [0.4, 0.5) is 0 Å². The molecule has 0 aromatic carbocycles. The first-order valence-corrected chi connectivity index (χ1v) is 4.94. The Morgan fingerprint density at radius 3 is 3.00 bits per heavy atom. The fourth-order valence-electron chi connectivity index (χ4n) is 1.92. The zero-order valence-corrected chi connectivity index (χ0v) is 8.42. The lowest BCUT2D eigenvalue weighted by molar-refractivity contribution is -0.119. The number of hydrogen-bond donors (Lipinski definition) is 4. The van der Waals surface area contributed by atoms with Gasteiger partial charge in [0.15, 0.2) is 0 Å². The molecule has 1 radical (unpaired) electrons. The molecule has 1 fully saturated rings. The Kier molecular flexibility index (Phi) is 4.93. The van der Waals surface area contributed by atoms with Gasteiger partial charge in [-0.25, -0.2) is 5.43 Å². The van der Waals surface area contributed by atoms with Crippen molar-refractivity contribution >= 4 is 13.2 Å². The first-order chi connectivity index (χ1) is 6.72. The van der Waals surface area contributed by atoms with Crippen LogP contribution in [0.2, 0.25) is 5.82 Å². The van der Waals surface area contributed by atoms with Crippen molar-refractivity contribution in [2.75, 3.05) is 6.44 Å². The van der Waals surface area contributed by atoms with Gasteiger partial charge in [-0.05, 0) is 19.3 Å². The van der Waals surface area contributed by atoms with E-state index in [1.165, 1.54) is 0 Å². The van der Waals surface area contributed by atoms with Gasteiger partial charge in [0, 0.05) is 13.0 Å². The summed E-state index contributed by atoms with van der Waals surface area (Å²) in [4.78, 5) is 10.8.